The molecule has 1 aliphatic heterocycles. The van der Waals surface area contributed by atoms with Gasteiger partial charge in [0.15, 0.2) is 0 Å². The van der Waals surface area contributed by atoms with E-state index in [-0.39, 0.29) is 5.92 Å². The second-order valence-electron chi connectivity index (χ2n) is 6.80. The molecule has 4 nitrogen and oxygen atoms in total. The van der Waals surface area contributed by atoms with Crippen LogP contribution in [0.15, 0.2) is 30.3 Å². The average Bonchev–Trinajstić information content (AvgIpc) is 3.01. The summed E-state index contributed by atoms with van der Waals surface area (Å²) < 4.78 is 39.4. The molecular weight excluding hydrogens is 367 g/mol. The topological polar surface area (TPSA) is 57.6 Å². The molecule has 26 heavy (non-hydrogen) atoms. The second-order valence-corrected chi connectivity index (χ2v) is 7.93. The summed E-state index contributed by atoms with van der Waals surface area (Å²) in [5.41, 5.74) is 1.02. The highest BCUT2D eigenvalue weighted by Gasteiger charge is 2.54. The van der Waals surface area contributed by atoms with Gasteiger partial charge in [-0.3, -0.25) is 9.59 Å². The lowest BCUT2D eigenvalue weighted by Crippen LogP contribution is -2.39. The number of halogens is 3. The van der Waals surface area contributed by atoms with Crippen LogP contribution >= 0.6 is 11.8 Å². The zero-order chi connectivity index (χ0) is 19.5. The largest absolute Gasteiger partial charge is 0.481 e. The maximum absolute atomic E-state index is 13.1. The molecule has 144 valence electrons. The van der Waals surface area contributed by atoms with E-state index in [9.17, 15) is 22.8 Å². The van der Waals surface area contributed by atoms with Crippen molar-refractivity contribution in [3.63, 3.8) is 0 Å². The molecule has 0 aliphatic carbocycles. The summed E-state index contributed by atoms with van der Waals surface area (Å²) in [5.74, 6) is -5.07. The van der Waals surface area contributed by atoms with Crippen molar-refractivity contribution in [3.8, 4) is 0 Å². The molecular formula is C18H22F3NO3S. The number of rotatable bonds is 6. The Morgan fingerprint density at radius 1 is 1.23 bits per heavy atom. The number of hydrogen-bond donors (Lipinski definition) is 1. The molecule has 1 aromatic rings. The predicted octanol–water partition coefficient (Wildman–Crippen LogP) is 3.67. The predicted molar refractivity (Wildman–Crippen MR) is 93.6 cm³/mol. The van der Waals surface area contributed by atoms with E-state index in [1.165, 1.54) is 11.8 Å². The molecule has 0 spiro atoms. The standard InChI is InChI=1S/C18H22F3NO3S/c1-11(2)15(26-10-12-6-4-3-5-7-12)16(23)22-8-13(17(24)25)14(9-22)18(19,20)21/h3-7,11,13-15H,8-10H2,1-2H3,(H,24,25)/t13-,14-,15?/m1/s1. The zero-order valence-corrected chi connectivity index (χ0v) is 15.4. The highest BCUT2D eigenvalue weighted by Crippen LogP contribution is 2.39. The van der Waals surface area contributed by atoms with Crippen LogP contribution in [0.3, 0.4) is 0 Å². The van der Waals surface area contributed by atoms with Crippen LogP contribution in [0.25, 0.3) is 0 Å². The molecule has 1 aliphatic rings. The van der Waals surface area contributed by atoms with Crippen LogP contribution in [0.2, 0.25) is 0 Å². The first kappa shape index (κ1) is 20.6. The van der Waals surface area contributed by atoms with E-state index in [0.717, 1.165) is 10.5 Å². The van der Waals surface area contributed by atoms with Gasteiger partial charge in [0.2, 0.25) is 5.91 Å². The Kier molecular flexibility index (Phi) is 6.60. The van der Waals surface area contributed by atoms with Gasteiger partial charge in [-0.1, -0.05) is 44.2 Å². The number of nitrogens with zero attached hydrogens (tertiary/aromatic N) is 1. The molecule has 1 saturated heterocycles. The molecule has 1 amide bonds. The van der Waals surface area contributed by atoms with Crippen molar-refractivity contribution in [1.29, 1.82) is 0 Å². The van der Waals surface area contributed by atoms with E-state index < -0.39 is 48.2 Å². The first-order chi connectivity index (χ1) is 12.1. The van der Waals surface area contributed by atoms with Crippen molar-refractivity contribution in [3.05, 3.63) is 35.9 Å². The quantitative estimate of drug-likeness (QED) is 0.807. The Labute approximate surface area is 154 Å². The first-order valence-electron chi connectivity index (χ1n) is 8.35. The summed E-state index contributed by atoms with van der Waals surface area (Å²) in [6.45, 7) is 2.70. The number of alkyl halides is 3. The van der Waals surface area contributed by atoms with Gasteiger partial charge in [0.05, 0.1) is 17.1 Å². The molecule has 0 saturated carbocycles. The fraction of sp³-hybridized carbons (Fsp3) is 0.556. The van der Waals surface area contributed by atoms with Crippen LogP contribution in [-0.2, 0) is 15.3 Å². The monoisotopic (exact) mass is 389 g/mol. The number of amides is 1. The summed E-state index contributed by atoms with van der Waals surface area (Å²) in [5, 5.41) is 8.59. The highest BCUT2D eigenvalue weighted by atomic mass is 32.2. The van der Waals surface area contributed by atoms with Gasteiger partial charge in [-0.15, -0.1) is 11.8 Å². The van der Waals surface area contributed by atoms with Crippen LogP contribution < -0.4 is 0 Å². The third-order valence-corrected chi connectivity index (χ3v) is 6.10. The lowest BCUT2D eigenvalue weighted by atomic mass is 9.96. The highest BCUT2D eigenvalue weighted by molar-refractivity contribution is 7.99. The fourth-order valence-electron chi connectivity index (χ4n) is 3.05. The molecule has 1 unspecified atom stereocenters. The maximum atomic E-state index is 13.1. The molecule has 0 radical (unpaired) electrons. The molecule has 0 bridgehead atoms. The first-order valence-corrected chi connectivity index (χ1v) is 9.40. The van der Waals surface area contributed by atoms with Gasteiger partial charge in [-0.05, 0) is 11.5 Å². The summed E-state index contributed by atoms with van der Waals surface area (Å²) in [4.78, 5) is 25.1. The van der Waals surface area contributed by atoms with Crippen molar-refractivity contribution in [1.82, 2.24) is 4.90 Å². The lowest BCUT2D eigenvalue weighted by molar-refractivity contribution is -0.188. The Balaban J connectivity index is 2.10. The number of aliphatic carboxylic acids is 1. The van der Waals surface area contributed by atoms with Crippen molar-refractivity contribution < 1.29 is 27.9 Å². The molecule has 2 rings (SSSR count). The Morgan fingerprint density at radius 3 is 2.31 bits per heavy atom. The number of likely N-dealkylation sites (tertiary alicyclic amines) is 1. The van der Waals surface area contributed by atoms with Crippen LogP contribution in [0, 0.1) is 17.8 Å². The second kappa shape index (κ2) is 8.33. The van der Waals surface area contributed by atoms with Gasteiger partial charge in [-0.2, -0.15) is 13.2 Å². The number of thioether (sulfide) groups is 1. The smallest absolute Gasteiger partial charge is 0.394 e. The van der Waals surface area contributed by atoms with Crippen LogP contribution in [0.1, 0.15) is 19.4 Å². The maximum Gasteiger partial charge on any atom is 0.394 e. The van der Waals surface area contributed by atoms with Gasteiger partial charge in [0, 0.05) is 18.8 Å². The lowest BCUT2D eigenvalue weighted by Gasteiger charge is -2.26. The summed E-state index contributed by atoms with van der Waals surface area (Å²) >= 11 is 1.38. The minimum absolute atomic E-state index is 0.0792. The minimum Gasteiger partial charge on any atom is -0.481 e. The van der Waals surface area contributed by atoms with Gasteiger partial charge in [0.1, 0.15) is 0 Å². The number of carboxylic acids is 1. The van der Waals surface area contributed by atoms with E-state index in [0.29, 0.717) is 5.75 Å². The summed E-state index contributed by atoms with van der Waals surface area (Å²) in [6.07, 6.45) is -4.64. The van der Waals surface area contributed by atoms with Crippen LogP contribution in [0.5, 0.6) is 0 Å². The summed E-state index contributed by atoms with van der Waals surface area (Å²) in [7, 11) is 0. The van der Waals surface area contributed by atoms with Crippen molar-refractivity contribution in [2.75, 3.05) is 13.1 Å². The van der Waals surface area contributed by atoms with Crippen LogP contribution in [-0.4, -0.2) is 46.4 Å². The molecule has 8 heteroatoms. The number of carbonyl (C=O) groups excluding carboxylic acids is 1. The SMILES string of the molecule is CC(C)C(SCc1ccccc1)C(=O)N1C[C@@H](C(F)(F)F)[C@H](C(=O)O)C1. The normalized spacial score (nSPS) is 21.8. The molecule has 1 N–H and O–H groups in total. The Hall–Kier alpha value is -1.70. The van der Waals surface area contributed by atoms with Crippen molar-refractivity contribution >= 4 is 23.6 Å². The minimum atomic E-state index is -4.64. The van der Waals surface area contributed by atoms with Gasteiger partial charge in [-0.25, -0.2) is 0 Å². The molecule has 0 aromatic heterocycles. The third kappa shape index (κ3) is 4.93. The fourth-order valence-corrected chi connectivity index (χ4v) is 4.30. The van der Waals surface area contributed by atoms with E-state index >= 15 is 0 Å². The van der Waals surface area contributed by atoms with E-state index in [1.807, 2.05) is 44.2 Å². The van der Waals surface area contributed by atoms with Crippen molar-refractivity contribution in [2.24, 2.45) is 17.8 Å². The van der Waals surface area contributed by atoms with Gasteiger partial charge >= 0.3 is 12.1 Å². The molecule has 1 fully saturated rings. The van der Waals surface area contributed by atoms with E-state index in [1.54, 1.807) is 0 Å². The van der Waals surface area contributed by atoms with Gasteiger partial charge < -0.3 is 10.0 Å². The third-order valence-electron chi connectivity index (χ3n) is 4.49. The zero-order valence-electron chi connectivity index (χ0n) is 14.6. The molecule has 3 atom stereocenters. The number of hydrogen-bond acceptors (Lipinski definition) is 3. The Morgan fingerprint density at radius 2 is 1.85 bits per heavy atom. The van der Waals surface area contributed by atoms with Crippen molar-refractivity contribution in [2.45, 2.75) is 31.0 Å². The molecule has 1 aromatic carbocycles. The summed E-state index contributed by atoms with van der Waals surface area (Å²) in [6, 6.07) is 9.49. The van der Waals surface area contributed by atoms with E-state index in [2.05, 4.69) is 0 Å². The average molecular weight is 389 g/mol. The Bertz CT molecular complexity index is 636. The number of carboxylic acid groups (broad SMARTS) is 1. The number of benzene rings is 1. The van der Waals surface area contributed by atoms with Gasteiger partial charge in [0.25, 0.3) is 0 Å². The van der Waals surface area contributed by atoms with Crippen LogP contribution in [0.4, 0.5) is 13.2 Å². The molecule has 1 heterocycles. The number of carbonyl (C=O) groups is 2. The van der Waals surface area contributed by atoms with E-state index in [4.69, 9.17) is 5.11 Å².